The number of pyridine rings is 1. The molecular weight excluding hydrogens is 324 g/mol. The van der Waals surface area contributed by atoms with Crippen molar-refractivity contribution in [1.82, 2.24) is 19.2 Å². The van der Waals surface area contributed by atoms with Crippen LogP contribution in [-0.2, 0) is 9.53 Å². The van der Waals surface area contributed by atoms with E-state index in [1.165, 1.54) is 0 Å². The molecule has 134 valence electrons. The van der Waals surface area contributed by atoms with Crippen molar-refractivity contribution in [3.05, 3.63) is 35.8 Å². The second kappa shape index (κ2) is 7.20. The van der Waals surface area contributed by atoms with E-state index in [1.54, 1.807) is 23.0 Å². The number of hydrogen-bond acceptors (Lipinski definition) is 5. The topological polar surface area (TPSA) is 87.4 Å². The summed E-state index contributed by atoms with van der Waals surface area (Å²) in [5, 5.41) is 8.83. The minimum atomic E-state index is -0.883. The molecule has 8 nitrogen and oxygen atoms in total. The average Bonchev–Trinajstić information content (AvgIpc) is 2.96. The molecule has 1 N–H and O–H groups in total. The van der Waals surface area contributed by atoms with Gasteiger partial charge in [0.05, 0.1) is 19.3 Å². The van der Waals surface area contributed by atoms with E-state index in [1.807, 2.05) is 29.7 Å². The SMILES string of the molecule is Cc1ccn2cc(C(=O)N3CCOC(CN(C)CC(=O)O)C3)nc2c1. The summed E-state index contributed by atoms with van der Waals surface area (Å²) in [5.41, 5.74) is 2.24. The molecule has 25 heavy (non-hydrogen) atoms. The predicted octanol–water partition coefficient (Wildman–Crippen LogP) is 0.500. The number of imidazole rings is 1. The lowest BCUT2D eigenvalue weighted by Gasteiger charge is -2.34. The van der Waals surface area contributed by atoms with Gasteiger partial charge < -0.3 is 19.1 Å². The molecule has 0 saturated carbocycles. The number of aryl methyl sites for hydroxylation is 1. The van der Waals surface area contributed by atoms with Gasteiger partial charge in [-0.25, -0.2) is 4.98 Å². The van der Waals surface area contributed by atoms with E-state index in [2.05, 4.69) is 4.98 Å². The van der Waals surface area contributed by atoms with Gasteiger partial charge in [-0.05, 0) is 31.7 Å². The maximum atomic E-state index is 12.8. The Morgan fingerprint density at radius 3 is 3.04 bits per heavy atom. The zero-order chi connectivity index (χ0) is 18.0. The second-order valence-electron chi connectivity index (χ2n) is 6.43. The number of rotatable bonds is 5. The monoisotopic (exact) mass is 346 g/mol. The van der Waals surface area contributed by atoms with Gasteiger partial charge in [0.25, 0.3) is 5.91 Å². The van der Waals surface area contributed by atoms with Crippen LogP contribution < -0.4 is 0 Å². The first-order valence-corrected chi connectivity index (χ1v) is 8.19. The summed E-state index contributed by atoms with van der Waals surface area (Å²) in [6.07, 6.45) is 3.41. The summed E-state index contributed by atoms with van der Waals surface area (Å²) in [5.74, 6) is -1.01. The number of carbonyl (C=O) groups is 2. The zero-order valence-electron chi connectivity index (χ0n) is 14.4. The van der Waals surface area contributed by atoms with Crippen molar-refractivity contribution in [3.8, 4) is 0 Å². The van der Waals surface area contributed by atoms with Crippen LogP contribution in [0.15, 0.2) is 24.5 Å². The summed E-state index contributed by atoms with van der Waals surface area (Å²) in [4.78, 5) is 31.3. The van der Waals surface area contributed by atoms with Crippen LogP contribution in [0.4, 0.5) is 0 Å². The molecule has 8 heteroatoms. The molecule has 1 atom stereocenters. The molecule has 0 radical (unpaired) electrons. The van der Waals surface area contributed by atoms with Crippen molar-refractivity contribution in [3.63, 3.8) is 0 Å². The first-order chi connectivity index (χ1) is 11.9. The van der Waals surface area contributed by atoms with E-state index in [0.717, 1.165) is 11.2 Å². The number of carboxylic acid groups (broad SMARTS) is 1. The molecule has 2 aromatic heterocycles. The molecule has 0 aromatic carbocycles. The van der Waals surface area contributed by atoms with Crippen LogP contribution in [0.5, 0.6) is 0 Å². The Bertz CT molecular complexity index is 788. The maximum absolute atomic E-state index is 12.8. The van der Waals surface area contributed by atoms with Gasteiger partial charge >= 0.3 is 5.97 Å². The predicted molar refractivity (Wildman–Crippen MR) is 90.7 cm³/mol. The first-order valence-electron chi connectivity index (χ1n) is 8.19. The maximum Gasteiger partial charge on any atom is 0.317 e. The van der Waals surface area contributed by atoms with E-state index in [0.29, 0.717) is 31.9 Å². The molecule has 0 spiro atoms. The van der Waals surface area contributed by atoms with Crippen molar-refractivity contribution in [2.24, 2.45) is 0 Å². The number of fused-ring (bicyclic) bond motifs is 1. The molecule has 1 unspecified atom stereocenters. The summed E-state index contributed by atoms with van der Waals surface area (Å²) in [7, 11) is 1.72. The van der Waals surface area contributed by atoms with E-state index >= 15 is 0 Å². The van der Waals surface area contributed by atoms with E-state index in [9.17, 15) is 9.59 Å². The van der Waals surface area contributed by atoms with Gasteiger partial charge in [0.15, 0.2) is 0 Å². The molecule has 0 aliphatic carbocycles. The van der Waals surface area contributed by atoms with Crippen molar-refractivity contribution in [1.29, 1.82) is 0 Å². The number of ether oxygens (including phenoxy) is 1. The fourth-order valence-electron chi connectivity index (χ4n) is 3.01. The van der Waals surface area contributed by atoms with Crippen molar-refractivity contribution < 1.29 is 19.4 Å². The number of hydrogen-bond donors (Lipinski definition) is 1. The van der Waals surface area contributed by atoms with Gasteiger partial charge in [-0.3, -0.25) is 14.5 Å². The Hall–Kier alpha value is -2.45. The van der Waals surface area contributed by atoms with Gasteiger partial charge in [0.1, 0.15) is 11.3 Å². The first kappa shape index (κ1) is 17.4. The molecule has 1 fully saturated rings. The van der Waals surface area contributed by atoms with Crippen molar-refractivity contribution in [2.75, 3.05) is 39.8 Å². The Labute approximate surface area is 145 Å². The molecule has 1 amide bonds. The van der Waals surface area contributed by atoms with Crippen LogP contribution in [0.1, 0.15) is 16.1 Å². The largest absolute Gasteiger partial charge is 0.480 e. The van der Waals surface area contributed by atoms with Crippen LogP contribution >= 0.6 is 0 Å². The molecule has 3 heterocycles. The normalized spacial score (nSPS) is 18.0. The number of amides is 1. The highest BCUT2D eigenvalue weighted by molar-refractivity contribution is 5.93. The van der Waals surface area contributed by atoms with Crippen molar-refractivity contribution in [2.45, 2.75) is 13.0 Å². The van der Waals surface area contributed by atoms with Gasteiger partial charge in [-0.2, -0.15) is 0 Å². The minimum absolute atomic E-state index is 0.0560. The van der Waals surface area contributed by atoms with Gasteiger partial charge in [-0.1, -0.05) is 0 Å². The number of morpholine rings is 1. The van der Waals surface area contributed by atoms with Gasteiger partial charge in [0.2, 0.25) is 0 Å². The van der Waals surface area contributed by atoms with Crippen molar-refractivity contribution >= 4 is 17.5 Å². The second-order valence-corrected chi connectivity index (χ2v) is 6.43. The number of aromatic nitrogens is 2. The zero-order valence-corrected chi connectivity index (χ0v) is 14.4. The number of likely N-dealkylation sites (N-methyl/N-ethyl adjacent to an activating group) is 1. The van der Waals surface area contributed by atoms with Crippen LogP contribution in [0.25, 0.3) is 5.65 Å². The number of carboxylic acids is 1. The lowest BCUT2D eigenvalue weighted by molar-refractivity contribution is -0.138. The van der Waals surface area contributed by atoms with Crippen LogP contribution in [0, 0.1) is 6.92 Å². The van der Waals surface area contributed by atoms with Crippen LogP contribution in [-0.4, -0.2) is 82.1 Å². The third-order valence-corrected chi connectivity index (χ3v) is 4.18. The third-order valence-electron chi connectivity index (χ3n) is 4.18. The fourth-order valence-corrected chi connectivity index (χ4v) is 3.01. The number of carbonyl (C=O) groups excluding carboxylic acids is 1. The lowest BCUT2D eigenvalue weighted by Crippen LogP contribution is -2.49. The highest BCUT2D eigenvalue weighted by atomic mass is 16.5. The fraction of sp³-hybridized carbons (Fsp3) is 0.471. The minimum Gasteiger partial charge on any atom is -0.480 e. The highest BCUT2D eigenvalue weighted by Crippen LogP contribution is 2.13. The highest BCUT2D eigenvalue weighted by Gasteiger charge is 2.27. The molecule has 0 bridgehead atoms. The molecule has 1 saturated heterocycles. The third kappa shape index (κ3) is 4.15. The van der Waals surface area contributed by atoms with Gasteiger partial charge in [0, 0.05) is 32.0 Å². The smallest absolute Gasteiger partial charge is 0.317 e. The summed E-state index contributed by atoms with van der Waals surface area (Å²) >= 11 is 0. The van der Waals surface area contributed by atoms with E-state index < -0.39 is 5.97 Å². The number of aliphatic carboxylic acids is 1. The number of nitrogens with zero attached hydrogens (tertiary/aromatic N) is 4. The van der Waals surface area contributed by atoms with Crippen LogP contribution in [0.3, 0.4) is 0 Å². The Morgan fingerprint density at radius 2 is 2.28 bits per heavy atom. The average molecular weight is 346 g/mol. The summed E-state index contributed by atoms with van der Waals surface area (Å²) in [6, 6.07) is 3.89. The molecular formula is C17H22N4O4. The van der Waals surface area contributed by atoms with E-state index in [4.69, 9.17) is 9.84 Å². The van der Waals surface area contributed by atoms with E-state index in [-0.39, 0.29) is 18.6 Å². The van der Waals surface area contributed by atoms with Gasteiger partial charge in [-0.15, -0.1) is 0 Å². The molecule has 1 aliphatic heterocycles. The Morgan fingerprint density at radius 1 is 1.48 bits per heavy atom. The summed E-state index contributed by atoms with van der Waals surface area (Å²) < 4.78 is 7.50. The standard InChI is InChI=1S/C17H22N4O4/c1-12-3-4-20-10-14(18-15(20)7-12)17(24)21-5-6-25-13(9-21)8-19(2)11-16(22)23/h3-4,7,10,13H,5-6,8-9,11H2,1-2H3,(H,22,23). The summed E-state index contributed by atoms with van der Waals surface area (Å²) in [6.45, 7) is 3.75. The molecule has 3 rings (SSSR count). The Balaban J connectivity index is 1.67. The lowest BCUT2D eigenvalue weighted by atomic mass is 10.2. The quantitative estimate of drug-likeness (QED) is 0.848. The molecule has 1 aliphatic rings. The van der Waals surface area contributed by atoms with Crippen LogP contribution in [0.2, 0.25) is 0 Å². The Kier molecular flexibility index (Phi) is 5.00. The molecule has 2 aromatic rings.